The van der Waals surface area contributed by atoms with Crippen LogP contribution in [0.4, 0.5) is 0 Å². The molecule has 1 saturated carbocycles. The lowest BCUT2D eigenvalue weighted by molar-refractivity contribution is -0.270. The summed E-state index contributed by atoms with van der Waals surface area (Å²) < 4.78 is 18.1. The van der Waals surface area contributed by atoms with Crippen molar-refractivity contribution in [3.05, 3.63) is 0 Å². The molecule has 10 nitrogen and oxygen atoms in total. The maximum absolute atomic E-state index is 12.8. The summed E-state index contributed by atoms with van der Waals surface area (Å²) in [5.74, 6) is 1.33. The Labute approximate surface area is 285 Å². The Bertz CT molecular complexity index is 892. The van der Waals surface area contributed by atoms with Gasteiger partial charge in [0.05, 0.1) is 18.3 Å². The Balaban J connectivity index is 1.71. The van der Waals surface area contributed by atoms with Gasteiger partial charge < -0.3 is 40.2 Å². The molecular formula is C37H70N2O8. The minimum atomic E-state index is -1.34. The van der Waals surface area contributed by atoms with Crippen LogP contribution in [0.2, 0.25) is 0 Å². The summed E-state index contributed by atoms with van der Waals surface area (Å²) in [4.78, 5) is 24.4. The van der Waals surface area contributed by atoms with Gasteiger partial charge in [0.15, 0.2) is 6.29 Å². The van der Waals surface area contributed by atoms with E-state index in [0.29, 0.717) is 19.3 Å². The average Bonchev–Trinajstić information content (AvgIpc) is 2.99. The number of aliphatic hydroxyl groups is 3. The summed E-state index contributed by atoms with van der Waals surface area (Å²) in [6, 6.07) is -0.954. The van der Waals surface area contributed by atoms with E-state index in [-0.39, 0.29) is 24.2 Å². The Hall–Kier alpha value is -1.30. The van der Waals surface area contributed by atoms with Gasteiger partial charge in [0.25, 0.3) is 0 Å². The van der Waals surface area contributed by atoms with Gasteiger partial charge in [0.2, 0.25) is 11.8 Å². The van der Waals surface area contributed by atoms with Gasteiger partial charge >= 0.3 is 0 Å². The molecule has 0 bridgehead atoms. The summed E-state index contributed by atoms with van der Waals surface area (Å²) in [7, 11) is 0. The van der Waals surface area contributed by atoms with Crippen LogP contribution in [0.1, 0.15) is 151 Å². The first-order chi connectivity index (χ1) is 22.2. The van der Waals surface area contributed by atoms with E-state index in [0.717, 1.165) is 37.5 Å². The number of ether oxygens (including phenoxy) is 3. The van der Waals surface area contributed by atoms with E-state index < -0.39 is 48.7 Å². The fourth-order valence-corrected chi connectivity index (χ4v) is 7.83. The predicted octanol–water partition coefficient (Wildman–Crippen LogP) is 5.53. The zero-order valence-corrected chi connectivity index (χ0v) is 30.7. The number of carbonyl (C=O) groups is 2. The van der Waals surface area contributed by atoms with Crippen molar-refractivity contribution in [3.63, 3.8) is 0 Å². The zero-order valence-electron chi connectivity index (χ0n) is 30.7. The minimum Gasteiger partial charge on any atom is -0.394 e. The number of hydrogen-bond donors (Lipinski definition) is 5. The second-order valence-electron chi connectivity index (χ2n) is 15.5. The highest BCUT2D eigenvalue weighted by molar-refractivity contribution is 5.76. The molecule has 1 aliphatic heterocycles. The molecule has 0 aromatic heterocycles. The molecule has 1 heterocycles. The standard InChI is InChI=1S/C37H70N2O8/c1-8-10-13-17-27(16-11-9-2)28-19-21-29(22-20-28)47-37(6,7)25-36(4,5)39-31(42)18-14-12-15-23-45-35-32(38-26(3)41)34(44)33(43)30(24-40)46-35/h27-30,32-35,40,43-44H,8-25H2,1-7H3,(H,38,41)(H,39,42). The monoisotopic (exact) mass is 671 g/mol. The Kier molecular flexibility index (Phi) is 18.7. The van der Waals surface area contributed by atoms with Gasteiger partial charge in [0, 0.05) is 25.5 Å². The second kappa shape index (κ2) is 21.0. The molecule has 1 saturated heterocycles. The Morgan fingerprint density at radius 3 is 2.17 bits per heavy atom. The zero-order chi connectivity index (χ0) is 35.0. The topological polar surface area (TPSA) is 147 Å². The molecule has 2 amide bonds. The number of carbonyl (C=O) groups excluding carboxylic acids is 2. The largest absolute Gasteiger partial charge is 0.394 e. The molecule has 10 heteroatoms. The predicted molar refractivity (Wildman–Crippen MR) is 185 cm³/mol. The number of rotatable bonds is 22. The highest BCUT2D eigenvalue weighted by Gasteiger charge is 2.45. The van der Waals surface area contributed by atoms with Crippen LogP contribution in [0.3, 0.4) is 0 Å². The summed E-state index contributed by atoms with van der Waals surface area (Å²) in [5, 5.41) is 35.8. The van der Waals surface area contributed by atoms with E-state index in [1.165, 1.54) is 64.7 Å². The van der Waals surface area contributed by atoms with Gasteiger partial charge in [-0.2, -0.15) is 0 Å². The molecule has 276 valence electrons. The lowest BCUT2D eigenvalue weighted by Crippen LogP contribution is -2.64. The Morgan fingerprint density at radius 2 is 1.55 bits per heavy atom. The van der Waals surface area contributed by atoms with E-state index in [2.05, 4.69) is 52.2 Å². The number of nitrogens with one attached hydrogen (secondary N) is 2. The smallest absolute Gasteiger partial charge is 0.220 e. The van der Waals surface area contributed by atoms with Crippen LogP contribution in [0.25, 0.3) is 0 Å². The molecule has 6 unspecified atom stereocenters. The van der Waals surface area contributed by atoms with Crippen LogP contribution >= 0.6 is 0 Å². The maximum Gasteiger partial charge on any atom is 0.220 e. The van der Waals surface area contributed by atoms with Crippen LogP contribution < -0.4 is 10.6 Å². The summed E-state index contributed by atoms with van der Waals surface area (Å²) in [6.07, 6.45) is 13.0. The summed E-state index contributed by atoms with van der Waals surface area (Å²) >= 11 is 0. The molecule has 0 radical (unpaired) electrons. The van der Waals surface area contributed by atoms with Gasteiger partial charge in [-0.15, -0.1) is 0 Å². The van der Waals surface area contributed by atoms with E-state index in [9.17, 15) is 24.9 Å². The molecule has 1 aliphatic carbocycles. The van der Waals surface area contributed by atoms with Crippen molar-refractivity contribution in [3.8, 4) is 0 Å². The molecule has 5 N–H and O–H groups in total. The molecule has 2 fully saturated rings. The summed E-state index contributed by atoms with van der Waals surface area (Å²) in [5.41, 5.74) is -0.750. The normalized spacial score (nSPS) is 27.7. The van der Waals surface area contributed by atoms with E-state index in [1.807, 2.05) is 0 Å². The number of hydrogen-bond acceptors (Lipinski definition) is 8. The van der Waals surface area contributed by atoms with Gasteiger partial charge in [0.1, 0.15) is 24.4 Å². The highest BCUT2D eigenvalue weighted by atomic mass is 16.7. The Morgan fingerprint density at radius 1 is 0.894 bits per heavy atom. The van der Waals surface area contributed by atoms with Crippen LogP contribution in [-0.4, -0.2) is 88.2 Å². The SMILES string of the molecule is CCCCCC(CCCC)C1CCC(OC(C)(C)CC(C)(C)NC(=O)CCCCCOC2OC(CO)C(O)C(O)C2NC(C)=O)CC1. The van der Waals surface area contributed by atoms with Crippen LogP contribution in [-0.2, 0) is 23.8 Å². The molecular weight excluding hydrogens is 600 g/mol. The summed E-state index contributed by atoms with van der Waals surface area (Å²) in [6.45, 7) is 14.1. The quantitative estimate of drug-likeness (QED) is 0.0945. The lowest BCUT2D eigenvalue weighted by Gasteiger charge is -2.42. The van der Waals surface area contributed by atoms with Crippen molar-refractivity contribution in [1.82, 2.24) is 10.6 Å². The van der Waals surface area contributed by atoms with Crippen molar-refractivity contribution in [2.45, 2.75) is 199 Å². The molecule has 0 spiro atoms. The molecule has 2 rings (SSSR count). The lowest BCUT2D eigenvalue weighted by atomic mass is 9.75. The molecule has 47 heavy (non-hydrogen) atoms. The van der Waals surface area contributed by atoms with Crippen molar-refractivity contribution >= 4 is 11.8 Å². The number of aliphatic hydroxyl groups excluding tert-OH is 3. The first kappa shape index (κ1) is 41.9. The van der Waals surface area contributed by atoms with Crippen LogP contribution in [0.5, 0.6) is 0 Å². The molecule has 2 aliphatic rings. The van der Waals surface area contributed by atoms with Crippen molar-refractivity contribution in [2.75, 3.05) is 13.2 Å². The van der Waals surface area contributed by atoms with Crippen molar-refractivity contribution in [1.29, 1.82) is 0 Å². The fraction of sp³-hybridized carbons (Fsp3) is 0.946. The fourth-order valence-electron chi connectivity index (χ4n) is 7.83. The first-order valence-electron chi connectivity index (χ1n) is 18.7. The van der Waals surface area contributed by atoms with E-state index in [4.69, 9.17) is 14.2 Å². The van der Waals surface area contributed by atoms with Crippen LogP contribution in [0.15, 0.2) is 0 Å². The minimum absolute atomic E-state index is 0.0117. The molecule has 0 aromatic carbocycles. The molecule has 0 aromatic rings. The van der Waals surface area contributed by atoms with Gasteiger partial charge in [-0.25, -0.2) is 0 Å². The number of amides is 2. The average molecular weight is 671 g/mol. The van der Waals surface area contributed by atoms with E-state index >= 15 is 0 Å². The van der Waals surface area contributed by atoms with Gasteiger partial charge in [-0.05, 0) is 84.5 Å². The second-order valence-corrected chi connectivity index (χ2v) is 15.5. The van der Waals surface area contributed by atoms with Crippen molar-refractivity contribution in [2.24, 2.45) is 11.8 Å². The third-order valence-electron chi connectivity index (χ3n) is 9.90. The molecule has 6 atom stereocenters. The third kappa shape index (κ3) is 15.4. The number of unbranched alkanes of at least 4 members (excludes halogenated alkanes) is 5. The maximum atomic E-state index is 12.8. The van der Waals surface area contributed by atoms with Crippen molar-refractivity contribution < 1.29 is 39.1 Å². The highest BCUT2D eigenvalue weighted by Crippen LogP contribution is 2.38. The van der Waals surface area contributed by atoms with Crippen LogP contribution in [0, 0.1) is 11.8 Å². The first-order valence-corrected chi connectivity index (χ1v) is 18.7. The van der Waals surface area contributed by atoms with E-state index in [1.54, 1.807) is 0 Å². The van der Waals surface area contributed by atoms with Gasteiger partial charge in [-0.3, -0.25) is 9.59 Å². The third-order valence-corrected chi connectivity index (χ3v) is 9.90. The van der Waals surface area contributed by atoms with Gasteiger partial charge in [-0.1, -0.05) is 65.2 Å².